The Balaban J connectivity index is 2.15. The van der Waals surface area contributed by atoms with E-state index in [9.17, 15) is 18.6 Å². The molecule has 2 aromatic rings. The molecule has 0 spiro atoms. The molecule has 0 unspecified atom stereocenters. The fourth-order valence-electron chi connectivity index (χ4n) is 2.94. The molecule has 0 aromatic heterocycles. The van der Waals surface area contributed by atoms with Gasteiger partial charge in [-0.3, -0.25) is 4.72 Å². The van der Waals surface area contributed by atoms with E-state index in [2.05, 4.69) is 10.0 Å². The van der Waals surface area contributed by atoms with Crippen molar-refractivity contribution < 1.29 is 32.8 Å². The third kappa shape index (κ3) is 5.91. The molecule has 2 atom stereocenters. The Labute approximate surface area is 176 Å². The first-order valence-corrected chi connectivity index (χ1v) is 11.0. The van der Waals surface area contributed by atoms with Gasteiger partial charge in [0, 0.05) is 12.6 Å². The van der Waals surface area contributed by atoms with E-state index in [1.807, 2.05) is 12.1 Å². The summed E-state index contributed by atoms with van der Waals surface area (Å²) in [6.45, 7) is 2.20. The van der Waals surface area contributed by atoms with Crippen LogP contribution in [0.15, 0.2) is 30.3 Å². The van der Waals surface area contributed by atoms with E-state index >= 15 is 0 Å². The molecule has 10 heteroatoms. The minimum Gasteiger partial charge on any atom is -0.506 e. The molecule has 2 rings (SSSR count). The molecule has 0 fully saturated rings. The van der Waals surface area contributed by atoms with Gasteiger partial charge in [-0.25, -0.2) is 8.42 Å². The standard InChI is InChI=1S/C20H28N2O7S/c1-12(19(24)14-6-7-16(23)15(10-14)22-30(5,25)26)21-11-13-8-17(27-2)20(29-4)18(9-13)28-3/h6-10,12,19,21-24H,11H2,1-5H3/t12-,19-/m0/s1. The van der Waals surface area contributed by atoms with Gasteiger partial charge in [-0.2, -0.15) is 0 Å². The second-order valence-electron chi connectivity index (χ2n) is 6.80. The number of hydrogen-bond acceptors (Lipinski definition) is 8. The van der Waals surface area contributed by atoms with E-state index in [4.69, 9.17) is 14.2 Å². The molecule has 4 N–H and O–H groups in total. The summed E-state index contributed by atoms with van der Waals surface area (Å²) in [6.07, 6.45) is 0.0321. The molecule has 0 aliphatic rings. The van der Waals surface area contributed by atoms with Crippen molar-refractivity contribution in [3.63, 3.8) is 0 Å². The Morgan fingerprint density at radius 3 is 2.13 bits per heavy atom. The predicted octanol–water partition coefficient (Wildman–Crippen LogP) is 2.00. The van der Waals surface area contributed by atoms with Gasteiger partial charge in [0.05, 0.1) is 39.4 Å². The number of hydrogen-bond donors (Lipinski definition) is 4. The summed E-state index contributed by atoms with van der Waals surface area (Å²) >= 11 is 0. The Hall–Kier alpha value is -2.69. The van der Waals surface area contributed by atoms with E-state index in [0.717, 1.165) is 11.8 Å². The second kappa shape index (κ2) is 9.88. The third-order valence-electron chi connectivity index (χ3n) is 4.48. The molecule has 0 aliphatic carbocycles. The second-order valence-corrected chi connectivity index (χ2v) is 8.55. The fraction of sp³-hybridized carbons (Fsp3) is 0.400. The monoisotopic (exact) mass is 440 g/mol. The van der Waals surface area contributed by atoms with Crippen LogP contribution in [0.4, 0.5) is 5.69 Å². The molecule has 2 aromatic carbocycles. The van der Waals surface area contributed by atoms with Crippen molar-refractivity contribution >= 4 is 15.7 Å². The highest BCUT2D eigenvalue weighted by Gasteiger charge is 2.19. The van der Waals surface area contributed by atoms with Gasteiger partial charge >= 0.3 is 0 Å². The van der Waals surface area contributed by atoms with E-state index in [-0.39, 0.29) is 17.5 Å². The van der Waals surface area contributed by atoms with Crippen LogP contribution in [-0.4, -0.2) is 52.3 Å². The van der Waals surface area contributed by atoms with Crippen LogP contribution in [0, 0.1) is 0 Å². The number of ether oxygens (including phenoxy) is 3. The van der Waals surface area contributed by atoms with Crippen LogP contribution < -0.4 is 24.2 Å². The lowest BCUT2D eigenvalue weighted by atomic mass is 10.0. The SMILES string of the molecule is COc1cc(CN[C@@H](C)[C@H](O)c2ccc(O)c(NS(C)(=O)=O)c2)cc(OC)c1OC. The molecule has 9 nitrogen and oxygen atoms in total. The van der Waals surface area contributed by atoms with Gasteiger partial charge in [0.1, 0.15) is 5.75 Å². The number of aromatic hydroxyl groups is 1. The predicted molar refractivity (Wildman–Crippen MR) is 114 cm³/mol. The summed E-state index contributed by atoms with van der Waals surface area (Å²) in [4.78, 5) is 0. The summed E-state index contributed by atoms with van der Waals surface area (Å²) in [5.74, 6) is 1.31. The lowest BCUT2D eigenvalue weighted by Gasteiger charge is -2.22. The fourth-order valence-corrected chi connectivity index (χ4v) is 3.50. The van der Waals surface area contributed by atoms with Crippen LogP contribution in [0.2, 0.25) is 0 Å². The largest absolute Gasteiger partial charge is 0.506 e. The van der Waals surface area contributed by atoms with E-state index in [0.29, 0.717) is 29.4 Å². The summed E-state index contributed by atoms with van der Waals surface area (Å²) in [5, 5.41) is 23.7. The normalized spacial score (nSPS) is 13.4. The summed E-state index contributed by atoms with van der Waals surface area (Å²) in [6, 6.07) is 7.49. The highest BCUT2D eigenvalue weighted by molar-refractivity contribution is 7.92. The number of anilines is 1. The minimum atomic E-state index is -3.57. The summed E-state index contributed by atoms with van der Waals surface area (Å²) in [7, 11) is 1.03. The van der Waals surface area contributed by atoms with Crippen molar-refractivity contribution in [2.24, 2.45) is 0 Å². The summed E-state index contributed by atoms with van der Waals surface area (Å²) in [5.41, 5.74) is 1.31. The number of sulfonamides is 1. The zero-order valence-corrected chi connectivity index (χ0v) is 18.4. The number of rotatable bonds is 10. The first-order valence-electron chi connectivity index (χ1n) is 9.10. The van der Waals surface area contributed by atoms with Gasteiger partial charge in [0.25, 0.3) is 0 Å². The van der Waals surface area contributed by atoms with Crippen molar-refractivity contribution in [1.82, 2.24) is 5.32 Å². The van der Waals surface area contributed by atoms with E-state index < -0.39 is 16.1 Å². The first-order chi connectivity index (χ1) is 14.1. The average Bonchev–Trinajstić information content (AvgIpc) is 2.71. The van der Waals surface area contributed by atoms with Crippen LogP contribution in [0.1, 0.15) is 24.2 Å². The molecule has 0 aliphatic heterocycles. The van der Waals surface area contributed by atoms with Crippen LogP contribution in [0.25, 0.3) is 0 Å². The Bertz CT molecular complexity index is 954. The highest BCUT2D eigenvalue weighted by atomic mass is 32.2. The first kappa shape index (κ1) is 23.6. The van der Waals surface area contributed by atoms with Gasteiger partial charge in [-0.1, -0.05) is 6.07 Å². The molecule has 30 heavy (non-hydrogen) atoms. The number of methoxy groups -OCH3 is 3. The van der Waals surface area contributed by atoms with E-state index in [1.165, 1.54) is 39.5 Å². The Morgan fingerprint density at radius 1 is 1.03 bits per heavy atom. The zero-order valence-electron chi connectivity index (χ0n) is 17.6. The average molecular weight is 441 g/mol. The number of nitrogens with one attached hydrogen (secondary N) is 2. The quantitative estimate of drug-likeness (QED) is 0.413. The molecule has 166 valence electrons. The molecule has 0 heterocycles. The number of aliphatic hydroxyl groups is 1. The molecule has 0 bridgehead atoms. The van der Waals surface area contributed by atoms with Crippen molar-refractivity contribution in [2.75, 3.05) is 32.3 Å². The lowest BCUT2D eigenvalue weighted by Crippen LogP contribution is -2.31. The van der Waals surface area contributed by atoms with Crippen LogP contribution >= 0.6 is 0 Å². The van der Waals surface area contributed by atoms with Crippen molar-refractivity contribution in [1.29, 1.82) is 0 Å². The molecular weight excluding hydrogens is 412 g/mol. The van der Waals surface area contributed by atoms with Gasteiger partial charge in [0.15, 0.2) is 11.5 Å². The maximum Gasteiger partial charge on any atom is 0.229 e. The third-order valence-corrected chi connectivity index (χ3v) is 5.07. The van der Waals surface area contributed by atoms with Crippen LogP contribution in [-0.2, 0) is 16.6 Å². The zero-order chi connectivity index (χ0) is 22.5. The number of aliphatic hydroxyl groups excluding tert-OH is 1. The number of phenolic OH excluding ortho intramolecular Hbond substituents is 1. The topological polar surface area (TPSA) is 126 Å². The minimum absolute atomic E-state index is 0.00544. The summed E-state index contributed by atoms with van der Waals surface area (Å²) < 4.78 is 41.1. The molecular formula is C20H28N2O7S. The smallest absolute Gasteiger partial charge is 0.229 e. The maximum absolute atomic E-state index is 11.5. The number of phenols is 1. The molecule has 0 radical (unpaired) electrons. The van der Waals surface area contributed by atoms with Crippen LogP contribution in [0.3, 0.4) is 0 Å². The Morgan fingerprint density at radius 2 is 1.63 bits per heavy atom. The molecule has 0 saturated heterocycles. The Kier molecular flexibility index (Phi) is 7.77. The van der Waals surface area contributed by atoms with Gasteiger partial charge in [0.2, 0.25) is 15.8 Å². The van der Waals surface area contributed by atoms with Crippen molar-refractivity contribution in [3.05, 3.63) is 41.5 Å². The van der Waals surface area contributed by atoms with Crippen molar-refractivity contribution in [2.45, 2.75) is 25.6 Å². The lowest BCUT2D eigenvalue weighted by molar-refractivity contribution is 0.135. The molecule has 0 amide bonds. The highest BCUT2D eigenvalue weighted by Crippen LogP contribution is 2.38. The van der Waals surface area contributed by atoms with Gasteiger partial charge < -0.3 is 29.7 Å². The van der Waals surface area contributed by atoms with Gasteiger partial charge in [-0.05, 0) is 42.3 Å². The maximum atomic E-state index is 11.5. The molecule has 0 saturated carbocycles. The number of benzene rings is 2. The van der Waals surface area contributed by atoms with E-state index in [1.54, 1.807) is 6.92 Å². The van der Waals surface area contributed by atoms with Crippen molar-refractivity contribution in [3.8, 4) is 23.0 Å². The van der Waals surface area contributed by atoms with Gasteiger partial charge in [-0.15, -0.1) is 0 Å². The van der Waals surface area contributed by atoms with Crippen LogP contribution in [0.5, 0.6) is 23.0 Å².